The van der Waals surface area contributed by atoms with E-state index in [1.807, 2.05) is 37.5 Å². The van der Waals surface area contributed by atoms with E-state index in [0.29, 0.717) is 24.9 Å². The Labute approximate surface area is 416 Å². The number of primary amides is 1. The predicted molar refractivity (Wildman–Crippen MR) is 271 cm³/mol. The van der Waals surface area contributed by atoms with Crippen molar-refractivity contribution >= 4 is 51.8 Å². The number of ether oxygens (including phenoxy) is 2. The number of rotatable bonds is 13. The summed E-state index contributed by atoms with van der Waals surface area (Å²) in [7, 11) is 1.31. The number of hydrogen-bond acceptors (Lipinski definition) is 9. The molecule has 5 aromatic rings. The van der Waals surface area contributed by atoms with Gasteiger partial charge in [-0.3, -0.25) is 9.59 Å². The number of nitrogens with two attached hydrogens (primary N) is 1. The van der Waals surface area contributed by atoms with Crippen molar-refractivity contribution in [3.8, 4) is 0 Å². The molecule has 71 heavy (non-hydrogen) atoms. The summed E-state index contributed by atoms with van der Waals surface area (Å²) in [6.45, 7) is 8.89. The normalized spacial score (nSPS) is 28.3. The van der Waals surface area contributed by atoms with Crippen LogP contribution in [0.25, 0.3) is 22.1 Å². The first kappa shape index (κ1) is 47.2. The highest BCUT2D eigenvalue weighted by atomic mass is 16.6. The first-order valence-electron chi connectivity index (χ1n) is 26.6. The molecule has 0 radical (unpaired) electrons. The van der Waals surface area contributed by atoms with Crippen LogP contribution in [0.4, 0.5) is 15.3 Å². The van der Waals surface area contributed by atoms with Crippen molar-refractivity contribution < 1.29 is 28.7 Å². The van der Waals surface area contributed by atoms with E-state index >= 15 is 0 Å². The van der Waals surface area contributed by atoms with Crippen molar-refractivity contribution in [3.05, 3.63) is 89.0 Å². The third-order valence-electron chi connectivity index (χ3n) is 17.8. The number of nitrogens with zero attached hydrogens (tertiary/aromatic N) is 5. The van der Waals surface area contributed by atoms with Crippen LogP contribution < -0.4 is 16.0 Å². The number of amides is 4. The average molecular weight is 966 g/mol. The Balaban J connectivity index is 0.903. The second kappa shape index (κ2) is 18.8. The van der Waals surface area contributed by atoms with Crippen LogP contribution in [0.5, 0.6) is 0 Å². The fourth-order valence-corrected chi connectivity index (χ4v) is 14.5. The summed E-state index contributed by atoms with van der Waals surface area (Å²) in [4.78, 5) is 75.8. The van der Waals surface area contributed by atoms with Crippen LogP contribution in [0, 0.1) is 29.6 Å². The molecule has 4 saturated carbocycles. The number of H-pyrrole nitrogens is 2. The van der Waals surface area contributed by atoms with Gasteiger partial charge in [0.15, 0.2) is 6.10 Å². The van der Waals surface area contributed by atoms with Gasteiger partial charge in [0.05, 0.1) is 53.3 Å². The number of alkyl carbamates (subject to hydrolysis) is 1. The standard InChI is InChI=1S/C56H71N9O6/c1-6-32(4)49(71-54(57)68)53(67)64-22-8-10-47(64)51-59-41-18-12-37(27-43(41)61-51)45-20-19-44(65(45)39-15-13-38(14-16-39)56-28-33-23-34(29-56)25-35(24-33)30-56)36-11-17-40-42(26-36)60-50(58-40)46-9-7-21-63(46)52(66)48(31(2)3)62-55(69)70-5/h11-18,26-27,31-35,44-49H,6-10,19-25,28-30H2,1-5H3,(H2,57,68)(H,58,60)(H,59,61)(H,62,69)/t32?,33?,34?,35?,44-,45?,46+,47+,48+,49+,56?/m1/s1. The van der Waals surface area contributed by atoms with Gasteiger partial charge in [0, 0.05) is 24.7 Å². The number of anilines is 1. The molecule has 15 heteroatoms. The van der Waals surface area contributed by atoms with Crippen molar-refractivity contribution in [2.75, 3.05) is 25.1 Å². The van der Waals surface area contributed by atoms with Crippen LogP contribution >= 0.6 is 0 Å². The maximum absolute atomic E-state index is 14.0. The second-order valence-corrected chi connectivity index (χ2v) is 22.5. The number of nitrogens with one attached hydrogen (secondary N) is 3. The number of aromatic nitrogens is 4. The molecule has 376 valence electrons. The molecule has 5 N–H and O–H groups in total. The van der Waals surface area contributed by atoms with Crippen LogP contribution in [0.3, 0.4) is 0 Å². The molecule has 2 unspecified atom stereocenters. The Morgan fingerprint density at radius 1 is 0.732 bits per heavy atom. The fourth-order valence-electron chi connectivity index (χ4n) is 14.5. The molecule has 4 aliphatic carbocycles. The van der Waals surface area contributed by atoms with Gasteiger partial charge in [-0.1, -0.05) is 52.0 Å². The maximum Gasteiger partial charge on any atom is 0.407 e. The zero-order chi connectivity index (χ0) is 49.3. The Hall–Kier alpha value is -6.12. The number of benzene rings is 3. The molecule has 7 fully saturated rings. The lowest BCUT2D eigenvalue weighted by molar-refractivity contribution is -0.144. The van der Waals surface area contributed by atoms with E-state index in [9.17, 15) is 19.2 Å². The summed E-state index contributed by atoms with van der Waals surface area (Å²) in [5.74, 6) is 3.46. The summed E-state index contributed by atoms with van der Waals surface area (Å²) >= 11 is 0. The van der Waals surface area contributed by atoms with E-state index in [0.717, 1.165) is 90.0 Å². The minimum atomic E-state index is -0.942. The summed E-state index contributed by atoms with van der Waals surface area (Å²) in [5.41, 5.74) is 14.4. The number of hydrogen-bond donors (Lipinski definition) is 4. The third kappa shape index (κ3) is 8.68. The van der Waals surface area contributed by atoms with Gasteiger partial charge < -0.3 is 45.2 Å². The van der Waals surface area contributed by atoms with E-state index < -0.39 is 24.3 Å². The molecule has 4 amide bonds. The number of aromatic amines is 2. The van der Waals surface area contributed by atoms with Crippen molar-refractivity contribution in [3.63, 3.8) is 0 Å². The van der Waals surface area contributed by atoms with Crippen molar-refractivity contribution in [2.24, 2.45) is 35.3 Å². The molecule has 3 aliphatic heterocycles. The highest BCUT2D eigenvalue weighted by Gasteiger charge is 2.52. The maximum atomic E-state index is 14.0. The molecule has 3 saturated heterocycles. The zero-order valence-corrected chi connectivity index (χ0v) is 42.0. The molecule has 12 rings (SSSR count). The highest BCUT2D eigenvalue weighted by molar-refractivity contribution is 5.87. The zero-order valence-electron chi connectivity index (χ0n) is 42.0. The van der Waals surface area contributed by atoms with E-state index in [-0.39, 0.29) is 47.8 Å². The van der Waals surface area contributed by atoms with E-state index in [2.05, 4.69) is 80.8 Å². The summed E-state index contributed by atoms with van der Waals surface area (Å²) in [6, 6.07) is 21.8. The first-order chi connectivity index (χ1) is 34.3. The SMILES string of the molecule is CCC(C)[C@H](OC(N)=O)C(=O)N1CCC[C@H]1c1nc2ccc(C3CC[C@H](c4ccc5nc([C@@H]6CCCN6C(=O)[C@@H](NC(=O)OC)C(C)C)[nH]c5c4)N3c3ccc(C45CC6CC(CC(C6)C4)C5)cc3)cc2[nH]1. The molecule has 3 aromatic carbocycles. The molecular formula is C56H71N9O6. The molecular weight excluding hydrogens is 895 g/mol. The minimum Gasteiger partial charge on any atom is -0.453 e. The summed E-state index contributed by atoms with van der Waals surface area (Å²) in [6.07, 6.45) is 11.5. The Bertz CT molecular complexity index is 2780. The molecule has 7 aliphatic rings. The number of imidazole rings is 2. The van der Waals surface area contributed by atoms with Gasteiger partial charge in [-0.15, -0.1) is 0 Å². The molecule has 2 aromatic heterocycles. The van der Waals surface area contributed by atoms with Gasteiger partial charge in [-0.2, -0.15) is 0 Å². The number of fused-ring (bicyclic) bond motifs is 2. The average Bonchev–Trinajstić information content (AvgIpc) is 4.22. The Morgan fingerprint density at radius 3 is 1.73 bits per heavy atom. The van der Waals surface area contributed by atoms with Gasteiger partial charge >= 0.3 is 12.2 Å². The van der Waals surface area contributed by atoms with Crippen LogP contribution in [0.2, 0.25) is 0 Å². The molecule has 15 nitrogen and oxygen atoms in total. The van der Waals surface area contributed by atoms with Gasteiger partial charge in [0.1, 0.15) is 17.7 Å². The lowest BCUT2D eigenvalue weighted by Crippen LogP contribution is -2.51. The minimum absolute atomic E-state index is 0.0759. The van der Waals surface area contributed by atoms with E-state index in [4.69, 9.17) is 25.2 Å². The van der Waals surface area contributed by atoms with E-state index in [1.54, 1.807) is 0 Å². The van der Waals surface area contributed by atoms with Crippen molar-refractivity contribution in [2.45, 2.75) is 153 Å². The molecule has 0 spiro atoms. The molecule has 5 heterocycles. The van der Waals surface area contributed by atoms with Crippen LogP contribution in [-0.2, 0) is 24.5 Å². The van der Waals surface area contributed by atoms with Crippen LogP contribution in [0.15, 0.2) is 60.7 Å². The summed E-state index contributed by atoms with van der Waals surface area (Å²) < 4.78 is 10.3. The fraction of sp³-hybridized carbons (Fsp3) is 0.571. The van der Waals surface area contributed by atoms with Gasteiger partial charge in [0.2, 0.25) is 5.91 Å². The monoisotopic (exact) mass is 966 g/mol. The number of carbonyl (C=O) groups excluding carboxylic acids is 4. The van der Waals surface area contributed by atoms with E-state index in [1.165, 1.54) is 68.0 Å². The Kier molecular flexibility index (Phi) is 12.5. The topological polar surface area (TPSA) is 192 Å². The van der Waals surface area contributed by atoms with Crippen molar-refractivity contribution in [1.29, 1.82) is 0 Å². The predicted octanol–water partition coefficient (Wildman–Crippen LogP) is 10.2. The second-order valence-electron chi connectivity index (χ2n) is 22.5. The number of methoxy groups -OCH3 is 1. The lowest BCUT2D eigenvalue weighted by atomic mass is 9.48. The largest absolute Gasteiger partial charge is 0.453 e. The molecule has 4 bridgehead atoms. The smallest absolute Gasteiger partial charge is 0.407 e. The lowest BCUT2D eigenvalue weighted by Gasteiger charge is -2.57. The van der Waals surface area contributed by atoms with Gasteiger partial charge in [-0.25, -0.2) is 19.6 Å². The van der Waals surface area contributed by atoms with Gasteiger partial charge in [0.25, 0.3) is 5.91 Å². The highest BCUT2D eigenvalue weighted by Crippen LogP contribution is 2.61. The number of likely N-dealkylation sites (tertiary alicyclic amines) is 2. The quantitative estimate of drug-likeness (QED) is 0.0889. The first-order valence-corrected chi connectivity index (χ1v) is 26.6. The summed E-state index contributed by atoms with van der Waals surface area (Å²) in [5, 5.41) is 2.76. The van der Waals surface area contributed by atoms with Crippen molar-refractivity contribution in [1.82, 2.24) is 35.1 Å². The van der Waals surface area contributed by atoms with Crippen LogP contribution in [0.1, 0.15) is 164 Å². The third-order valence-corrected chi connectivity index (χ3v) is 17.8. The van der Waals surface area contributed by atoms with Crippen LogP contribution in [-0.4, -0.2) is 86.1 Å². The van der Waals surface area contributed by atoms with Gasteiger partial charge in [-0.05, 0) is 166 Å². The number of carbonyl (C=O) groups is 4. The molecule has 7 atom stereocenters. The Morgan fingerprint density at radius 2 is 1.25 bits per heavy atom.